The van der Waals surface area contributed by atoms with E-state index in [1.165, 1.54) is 13.0 Å². The maximum absolute atomic E-state index is 12.3. The number of aromatic nitrogens is 2. The van der Waals surface area contributed by atoms with E-state index in [2.05, 4.69) is 10.4 Å². The number of hydrogen-bond acceptors (Lipinski definition) is 6. The fourth-order valence-electron chi connectivity index (χ4n) is 2.63. The fraction of sp³-hybridized carbons (Fsp3) is 0.316. The van der Waals surface area contributed by atoms with Crippen molar-refractivity contribution in [2.75, 3.05) is 12.1 Å². The highest BCUT2D eigenvalue weighted by Crippen LogP contribution is 2.32. The van der Waals surface area contributed by atoms with Gasteiger partial charge in [0.05, 0.1) is 17.1 Å². The first-order chi connectivity index (χ1) is 12.8. The molecule has 8 heteroatoms. The number of carbonyl (C=O) groups excluding carboxylic acids is 2. The Hall–Kier alpha value is -3.29. The molecule has 1 aliphatic rings. The number of hydrogen-bond donors (Lipinski definition) is 1. The molecule has 142 valence electrons. The van der Waals surface area contributed by atoms with Crippen molar-refractivity contribution in [2.45, 2.75) is 26.9 Å². The van der Waals surface area contributed by atoms with Crippen molar-refractivity contribution in [3.05, 3.63) is 41.2 Å². The molecule has 27 heavy (non-hydrogen) atoms. The second kappa shape index (κ2) is 7.53. The number of aryl methyl sites for hydroxylation is 2. The largest absolute Gasteiger partial charge is 0.454 e. The van der Waals surface area contributed by atoms with Crippen LogP contribution in [0.25, 0.3) is 6.08 Å². The molecule has 8 nitrogen and oxygen atoms in total. The number of benzene rings is 1. The molecule has 0 bridgehead atoms. The second-order valence-corrected chi connectivity index (χ2v) is 6.18. The summed E-state index contributed by atoms with van der Waals surface area (Å²) >= 11 is 0. The Morgan fingerprint density at radius 3 is 2.74 bits per heavy atom. The summed E-state index contributed by atoms with van der Waals surface area (Å²) in [7, 11) is 1.79. The zero-order valence-corrected chi connectivity index (χ0v) is 15.6. The lowest BCUT2D eigenvalue weighted by molar-refractivity contribution is -0.148. The van der Waals surface area contributed by atoms with Gasteiger partial charge in [-0.3, -0.25) is 9.48 Å². The molecular formula is C19H21N3O5. The molecule has 0 saturated heterocycles. The van der Waals surface area contributed by atoms with Crippen LogP contribution in [-0.4, -0.2) is 34.6 Å². The number of rotatable bonds is 5. The van der Waals surface area contributed by atoms with Gasteiger partial charge in [0, 0.05) is 13.1 Å². The molecule has 0 spiro atoms. The van der Waals surface area contributed by atoms with Gasteiger partial charge in [0.1, 0.15) is 0 Å². The fourth-order valence-corrected chi connectivity index (χ4v) is 2.63. The van der Waals surface area contributed by atoms with E-state index in [9.17, 15) is 9.59 Å². The lowest BCUT2D eigenvalue weighted by Crippen LogP contribution is -2.29. The zero-order chi connectivity index (χ0) is 19.6. The van der Waals surface area contributed by atoms with Crippen molar-refractivity contribution >= 4 is 23.6 Å². The summed E-state index contributed by atoms with van der Waals surface area (Å²) in [4.78, 5) is 24.3. The molecule has 0 radical (unpaired) electrons. The van der Waals surface area contributed by atoms with Crippen LogP contribution in [0.2, 0.25) is 0 Å². The number of amides is 1. The zero-order valence-electron chi connectivity index (χ0n) is 15.6. The number of fused-ring (bicyclic) bond motifs is 1. The molecule has 1 atom stereocenters. The van der Waals surface area contributed by atoms with Crippen LogP contribution < -0.4 is 14.8 Å². The van der Waals surface area contributed by atoms with Gasteiger partial charge < -0.3 is 19.5 Å². The van der Waals surface area contributed by atoms with Gasteiger partial charge in [-0.05, 0) is 44.5 Å². The molecule has 2 heterocycles. The van der Waals surface area contributed by atoms with Gasteiger partial charge in [0.25, 0.3) is 5.91 Å². The predicted molar refractivity (Wildman–Crippen MR) is 98.5 cm³/mol. The van der Waals surface area contributed by atoms with E-state index < -0.39 is 18.0 Å². The van der Waals surface area contributed by atoms with Crippen LogP contribution in [0.4, 0.5) is 5.69 Å². The quantitative estimate of drug-likeness (QED) is 0.641. The van der Waals surface area contributed by atoms with Crippen LogP contribution >= 0.6 is 0 Å². The molecule has 3 rings (SSSR count). The molecule has 1 amide bonds. The highest BCUT2D eigenvalue weighted by atomic mass is 16.7. The minimum Gasteiger partial charge on any atom is -0.454 e. The molecular weight excluding hydrogens is 350 g/mol. The monoisotopic (exact) mass is 371 g/mol. The number of carbonyl (C=O) groups is 2. The lowest BCUT2D eigenvalue weighted by atomic mass is 10.2. The Bertz CT molecular complexity index is 916. The predicted octanol–water partition coefficient (Wildman–Crippen LogP) is 2.35. The first-order valence-corrected chi connectivity index (χ1v) is 8.44. The van der Waals surface area contributed by atoms with Crippen LogP contribution in [0.3, 0.4) is 0 Å². The van der Waals surface area contributed by atoms with Crippen molar-refractivity contribution in [1.82, 2.24) is 9.78 Å². The van der Waals surface area contributed by atoms with Crippen LogP contribution in [0.15, 0.2) is 24.3 Å². The van der Waals surface area contributed by atoms with Crippen molar-refractivity contribution in [2.24, 2.45) is 7.05 Å². The van der Waals surface area contributed by atoms with Gasteiger partial charge in [-0.1, -0.05) is 6.07 Å². The van der Waals surface area contributed by atoms with Crippen LogP contribution in [-0.2, 0) is 21.4 Å². The first-order valence-electron chi connectivity index (χ1n) is 8.44. The summed E-state index contributed by atoms with van der Waals surface area (Å²) in [5, 5.41) is 6.99. The molecule has 0 aliphatic carbocycles. The summed E-state index contributed by atoms with van der Waals surface area (Å²) in [5.41, 5.74) is 2.91. The van der Waals surface area contributed by atoms with Gasteiger partial charge in [-0.2, -0.15) is 5.10 Å². The van der Waals surface area contributed by atoms with Gasteiger partial charge in [0.15, 0.2) is 17.6 Å². The van der Waals surface area contributed by atoms with E-state index >= 15 is 0 Å². The van der Waals surface area contributed by atoms with Gasteiger partial charge >= 0.3 is 5.97 Å². The Morgan fingerprint density at radius 2 is 2.04 bits per heavy atom. The molecule has 1 N–H and O–H groups in total. The Labute approximate surface area is 156 Å². The van der Waals surface area contributed by atoms with E-state index in [0.717, 1.165) is 11.3 Å². The van der Waals surface area contributed by atoms with Crippen LogP contribution in [0.1, 0.15) is 23.9 Å². The molecule has 0 saturated carbocycles. The SMILES string of the molecule is Cc1nn(C)c(C)c1NC(=O)[C@@H](C)OC(=O)/C=C/c1ccc2c(c1)OCO2. The number of nitrogens with one attached hydrogen (secondary N) is 1. The Kier molecular flexibility index (Phi) is 5.16. The molecule has 1 aromatic heterocycles. The maximum Gasteiger partial charge on any atom is 0.331 e. The summed E-state index contributed by atoms with van der Waals surface area (Å²) < 4.78 is 17.4. The third-order valence-electron chi connectivity index (χ3n) is 4.23. The molecule has 1 aromatic carbocycles. The van der Waals surface area contributed by atoms with Gasteiger partial charge in [-0.15, -0.1) is 0 Å². The lowest BCUT2D eigenvalue weighted by Gasteiger charge is -2.12. The van der Waals surface area contributed by atoms with Crippen molar-refractivity contribution in [1.29, 1.82) is 0 Å². The number of ether oxygens (including phenoxy) is 3. The first kappa shape index (κ1) is 18.5. The van der Waals surface area contributed by atoms with Crippen molar-refractivity contribution in [3.63, 3.8) is 0 Å². The highest BCUT2D eigenvalue weighted by Gasteiger charge is 2.20. The second-order valence-electron chi connectivity index (χ2n) is 6.18. The standard InChI is InChI=1S/C19H21N3O5/c1-11-18(12(2)22(4)21-11)20-19(24)13(3)27-17(23)8-6-14-5-7-15-16(9-14)26-10-25-15/h5-9,13H,10H2,1-4H3,(H,20,24)/b8-6+/t13-/m1/s1. The molecule has 0 fully saturated rings. The summed E-state index contributed by atoms with van der Waals surface area (Å²) in [6.07, 6.45) is 1.91. The smallest absolute Gasteiger partial charge is 0.331 e. The third kappa shape index (κ3) is 4.11. The molecule has 1 aliphatic heterocycles. The van der Waals surface area contributed by atoms with Crippen LogP contribution in [0.5, 0.6) is 11.5 Å². The van der Waals surface area contributed by atoms with Gasteiger partial charge in [0.2, 0.25) is 6.79 Å². The summed E-state index contributed by atoms with van der Waals surface area (Å²) in [6.45, 7) is 5.35. The van der Waals surface area contributed by atoms with Gasteiger partial charge in [-0.25, -0.2) is 4.79 Å². The number of esters is 1. The summed E-state index contributed by atoms with van der Waals surface area (Å²) in [5.74, 6) is 0.260. The average Bonchev–Trinajstić information content (AvgIpc) is 3.19. The van der Waals surface area contributed by atoms with Crippen molar-refractivity contribution in [3.8, 4) is 11.5 Å². The minimum absolute atomic E-state index is 0.188. The minimum atomic E-state index is -0.946. The van der Waals surface area contributed by atoms with Crippen LogP contribution in [0, 0.1) is 13.8 Å². The van der Waals surface area contributed by atoms with E-state index in [1.807, 2.05) is 6.92 Å². The molecule has 0 unspecified atom stereocenters. The Balaban J connectivity index is 1.57. The van der Waals surface area contributed by atoms with E-state index in [4.69, 9.17) is 14.2 Å². The topological polar surface area (TPSA) is 91.7 Å². The number of anilines is 1. The van der Waals surface area contributed by atoms with E-state index in [1.54, 1.807) is 42.9 Å². The van der Waals surface area contributed by atoms with E-state index in [0.29, 0.717) is 22.9 Å². The summed E-state index contributed by atoms with van der Waals surface area (Å²) in [6, 6.07) is 5.32. The Morgan fingerprint density at radius 1 is 1.30 bits per heavy atom. The number of nitrogens with zero attached hydrogens (tertiary/aromatic N) is 2. The van der Waals surface area contributed by atoms with Crippen molar-refractivity contribution < 1.29 is 23.8 Å². The molecule has 2 aromatic rings. The third-order valence-corrected chi connectivity index (χ3v) is 4.23. The highest BCUT2D eigenvalue weighted by molar-refractivity contribution is 5.97. The maximum atomic E-state index is 12.3. The van der Waals surface area contributed by atoms with E-state index in [-0.39, 0.29) is 6.79 Å². The normalized spacial score (nSPS) is 13.6. The average molecular weight is 371 g/mol.